The Morgan fingerprint density at radius 1 is 1.32 bits per heavy atom. The molecular formula is C13H15NO5. The van der Waals surface area contributed by atoms with E-state index in [1.54, 1.807) is 12.1 Å². The van der Waals surface area contributed by atoms with Crippen LogP contribution in [-0.4, -0.2) is 29.5 Å². The van der Waals surface area contributed by atoms with Crippen molar-refractivity contribution in [2.75, 3.05) is 0 Å². The molecule has 1 atom stereocenters. The minimum atomic E-state index is -1.09. The number of rotatable bonds is 7. The number of carboxylic acid groups (broad SMARTS) is 1. The van der Waals surface area contributed by atoms with E-state index in [4.69, 9.17) is 9.84 Å². The van der Waals surface area contributed by atoms with E-state index in [0.29, 0.717) is 6.29 Å². The summed E-state index contributed by atoms with van der Waals surface area (Å²) < 4.78 is 4.93. The molecule has 6 nitrogen and oxygen atoms in total. The molecular weight excluding hydrogens is 250 g/mol. The van der Waals surface area contributed by atoms with Gasteiger partial charge >= 0.3 is 12.1 Å². The highest BCUT2D eigenvalue weighted by Crippen LogP contribution is 2.02. The van der Waals surface area contributed by atoms with Gasteiger partial charge in [-0.3, -0.25) is 4.79 Å². The number of benzene rings is 1. The minimum absolute atomic E-state index is 0.0628. The molecule has 0 fully saturated rings. The minimum Gasteiger partial charge on any atom is -0.481 e. The van der Waals surface area contributed by atoms with Crippen molar-refractivity contribution in [2.24, 2.45) is 0 Å². The monoisotopic (exact) mass is 265 g/mol. The lowest BCUT2D eigenvalue weighted by atomic mass is 10.1. The largest absolute Gasteiger partial charge is 0.481 e. The molecule has 2 N–H and O–H groups in total. The van der Waals surface area contributed by atoms with Crippen LogP contribution in [-0.2, 0) is 20.9 Å². The second-order valence-electron chi connectivity index (χ2n) is 3.90. The van der Waals surface area contributed by atoms with E-state index in [2.05, 4.69) is 5.32 Å². The van der Waals surface area contributed by atoms with Gasteiger partial charge in [0.1, 0.15) is 12.9 Å². The summed E-state index contributed by atoms with van der Waals surface area (Å²) in [7, 11) is 0. The number of aldehydes is 1. The third kappa shape index (κ3) is 6.21. The predicted molar refractivity (Wildman–Crippen MR) is 66.5 cm³/mol. The quantitative estimate of drug-likeness (QED) is 0.726. The lowest BCUT2D eigenvalue weighted by molar-refractivity contribution is -0.137. The van der Waals surface area contributed by atoms with E-state index in [9.17, 15) is 14.4 Å². The summed E-state index contributed by atoms with van der Waals surface area (Å²) in [6, 6.07) is 8.32. The molecule has 1 amide bonds. The van der Waals surface area contributed by atoms with E-state index in [0.717, 1.165) is 5.56 Å². The van der Waals surface area contributed by atoms with Gasteiger partial charge in [-0.05, 0) is 5.56 Å². The number of ether oxygens (including phenoxy) is 1. The Balaban J connectivity index is 2.39. The van der Waals surface area contributed by atoms with Gasteiger partial charge in [0.25, 0.3) is 0 Å². The van der Waals surface area contributed by atoms with Gasteiger partial charge in [-0.25, -0.2) is 4.79 Å². The van der Waals surface area contributed by atoms with Crippen LogP contribution in [0, 0.1) is 0 Å². The molecule has 0 spiro atoms. The fourth-order valence-corrected chi connectivity index (χ4v) is 1.45. The van der Waals surface area contributed by atoms with Crippen LogP contribution in [0.5, 0.6) is 0 Å². The molecule has 0 aliphatic heterocycles. The Labute approximate surface area is 110 Å². The van der Waals surface area contributed by atoms with Crippen molar-refractivity contribution >= 4 is 18.3 Å². The molecule has 0 aliphatic rings. The zero-order valence-corrected chi connectivity index (χ0v) is 10.2. The highest BCUT2D eigenvalue weighted by atomic mass is 16.5. The zero-order chi connectivity index (χ0) is 14.1. The van der Waals surface area contributed by atoms with Gasteiger partial charge in [0, 0.05) is 12.5 Å². The van der Waals surface area contributed by atoms with Crippen molar-refractivity contribution < 1.29 is 24.2 Å². The topological polar surface area (TPSA) is 92.7 Å². The first kappa shape index (κ1) is 14.7. The first-order chi connectivity index (χ1) is 9.11. The molecule has 0 bridgehead atoms. The molecule has 1 rings (SSSR count). The van der Waals surface area contributed by atoms with Gasteiger partial charge in [0.05, 0.1) is 6.42 Å². The van der Waals surface area contributed by atoms with Crippen LogP contribution in [0.15, 0.2) is 30.3 Å². The van der Waals surface area contributed by atoms with Crippen LogP contribution >= 0.6 is 0 Å². The van der Waals surface area contributed by atoms with Gasteiger partial charge in [-0.1, -0.05) is 30.3 Å². The molecule has 0 unspecified atom stereocenters. The van der Waals surface area contributed by atoms with Crippen LogP contribution in [0.2, 0.25) is 0 Å². The molecule has 0 heterocycles. The van der Waals surface area contributed by atoms with E-state index in [-0.39, 0.29) is 19.4 Å². The SMILES string of the molecule is O=CC[C@@H](CC(=O)O)NC(=O)OCc1ccccc1. The summed E-state index contributed by atoms with van der Waals surface area (Å²) in [6.45, 7) is 0.0908. The number of amides is 1. The number of carboxylic acids is 1. The number of alkyl carbamates (subject to hydrolysis) is 1. The Morgan fingerprint density at radius 3 is 2.58 bits per heavy atom. The normalized spacial score (nSPS) is 11.4. The highest BCUT2D eigenvalue weighted by Gasteiger charge is 2.16. The maximum Gasteiger partial charge on any atom is 0.407 e. The van der Waals surface area contributed by atoms with Crippen LogP contribution < -0.4 is 5.32 Å². The zero-order valence-electron chi connectivity index (χ0n) is 10.2. The van der Waals surface area contributed by atoms with Crippen molar-refractivity contribution in [3.63, 3.8) is 0 Å². The summed E-state index contributed by atoms with van der Waals surface area (Å²) in [6.07, 6.45) is -0.561. The fraction of sp³-hybridized carbons (Fsp3) is 0.308. The van der Waals surface area contributed by atoms with E-state index in [1.807, 2.05) is 18.2 Å². The first-order valence-electron chi connectivity index (χ1n) is 5.74. The fourth-order valence-electron chi connectivity index (χ4n) is 1.45. The van der Waals surface area contributed by atoms with Gasteiger partial charge < -0.3 is 20.0 Å². The Kier molecular flexibility index (Phi) is 6.08. The maximum absolute atomic E-state index is 11.4. The number of hydrogen-bond donors (Lipinski definition) is 2. The third-order valence-corrected chi connectivity index (χ3v) is 2.34. The van der Waals surface area contributed by atoms with Gasteiger partial charge in [-0.15, -0.1) is 0 Å². The number of carbonyl (C=O) groups excluding carboxylic acids is 2. The molecule has 19 heavy (non-hydrogen) atoms. The summed E-state index contributed by atoms with van der Waals surface area (Å²) >= 11 is 0. The Bertz CT molecular complexity index is 432. The molecule has 102 valence electrons. The van der Waals surface area contributed by atoms with Crippen LogP contribution in [0.1, 0.15) is 18.4 Å². The van der Waals surface area contributed by atoms with Crippen LogP contribution in [0.3, 0.4) is 0 Å². The summed E-state index contributed by atoms with van der Waals surface area (Å²) in [5.74, 6) is -1.09. The number of nitrogens with one attached hydrogen (secondary N) is 1. The first-order valence-corrected chi connectivity index (χ1v) is 5.74. The standard InChI is InChI=1S/C13H15NO5/c15-7-6-11(8-12(16)17)14-13(18)19-9-10-4-2-1-3-5-10/h1-5,7,11H,6,8-9H2,(H,14,18)(H,16,17)/t11-/m0/s1. The molecule has 0 aromatic heterocycles. The lowest BCUT2D eigenvalue weighted by Gasteiger charge is -2.14. The van der Waals surface area contributed by atoms with Crippen molar-refractivity contribution in [2.45, 2.75) is 25.5 Å². The molecule has 0 radical (unpaired) electrons. The summed E-state index contributed by atoms with van der Waals surface area (Å²) in [5, 5.41) is 11.0. The Hall–Kier alpha value is -2.37. The van der Waals surface area contributed by atoms with Gasteiger partial charge in [0.15, 0.2) is 0 Å². The van der Waals surface area contributed by atoms with Crippen LogP contribution in [0.25, 0.3) is 0 Å². The Morgan fingerprint density at radius 2 is 2.00 bits per heavy atom. The number of aliphatic carboxylic acids is 1. The summed E-state index contributed by atoms with van der Waals surface area (Å²) in [4.78, 5) is 32.4. The van der Waals surface area contributed by atoms with Gasteiger partial charge in [-0.2, -0.15) is 0 Å². The van der Waals surface area contributed by atoms with Crippen molar-refractivity contribution in [1.29, 1.82) is 0 Å². The molecule has 1 aromatic rings. The highest BCUT2D eigenvalue weighted by molar-refractivity contribution is 5.72. The number of hydrogen-bond acceptors (Lipinski definition) is 4. The maximum atomic E-state index is 11.4. The average molecular weight is 265 g/mol. The molecule has 6 heteroatoms. The summed E-state index contributed by atoms with van der Waals surface area (Å²) in [5.41, 5.74) is 0.822. The second-order valence-corrected chi connectivity index (χ2v) is 3.90. The average Bonchev–Trinajstić information content (AvgIpc) is 2.37. The van der Waals surface area contributed by atoms with Gasteiger partial charge in [0.2, 0.25) is 0 Å². The molecule has 1 aromatic carbocycles. The lowest BCUT2D eigenvalue weighted by Crippen LogP contribution is -2.37. The van der Waals surface area contributed by atoms with Crippen molar-refractivity contribution in [3.8, 4) is 0 Å². The predicted octanol–water partition coefficient (Wildman–Crippen LogP) is 1.35. The smallest absolute Gasteiger partial charge is 0.407 e. The van der Waals surface area contributed by atoms with E-state index < -0.39 is 18.1 Å². The molecule has 0 aliphatic carbocycles. The number of carbonyl (C=O) groups is 3. The van der Waals surface area contributed by atoms with E-state index >= 15 is 0 Å². The third-order valence-electron chi connectivity index (χ3n) is 2.34. The van der Waals surface area contributed by atoms with Crippen molar-refractivity contribution in [3.05, 3.63) is 35.9 Å². The van der Waals surface area contributed by atoms with Crippen LogP contribution in [0.4, 0.5) is 4.79 Å². The second kappa shape index (κ2) is 7.86. The van der Waals surface area contributed by atoms with E-state index in [1.165, 1.54) is 0 Å². The molecule has 0 saturated carbocycles. The molecule has 0 saturated heterocycles. The van der Waals surface area contributed by atoms with Crippen molar-refractivity contribution in [1.82, 2.24) is 5.32 Å².